The fourth-order valence-electron chi connectivity index (χ4n) is 4.02. The Bertz CT molecular complexity index is 996. The number of piperidine rings is 1. The van der Waals surface area contributed by atoms with E-state index in [0.29, 0.717) is 11.7 Å². The van der Waals surface area contributed by atoms with Crippen molar-refractivity contribution < 1.29 is 9.53 Å². The molecule has 2 heterocycles. The predicted octanol–water partition coefficient (Wildman–Crippen LogP) is 4.16. The van der Waals surface area contributed by atoms with E-state index in [4.69, 9.17) is 4.74 Å². The number of amides is 1. The van der Waals surface area contributed by atoms with Gasteiger partial charge in [-0.1, -0.05) is 42.1 Å². The van der Waals surface area contributed by atoms with E-state index in [-0.39, 0.29) is 5.91 Å². The van der Waals surface area contributed by atoms with Gasteiger partial charge in [-0.25, -0.2) is 0 Å². The second kappa shape index (κ2) is 10.0. The summed E-state index contributed by atoms with van der Waals surface area (Å²) in [7, 11) is 1.65. The third-order valence-corrected chi connectivity index (χ3v) is 6.70. The lowest BCUT2D eigenvalue weighted by Crippen LogP contribution is -2.39. The molecule has 1 aliphatic rings. The van der Waals surface area contributed by atoms with Crippen LogP contribution in [0.15, 0.2) is 59.8 Å². The molecule has 1 saturated heterocycles. The molecular weight excluding hydrogens is 408 g/mol. The van der Waals surface area contributed by atoms with Crippen molar-refractivity contribution in [3.63, 3.8) is 0 Å². The van der Waals surface area contributed by atoms with Crippen LogP contribution in [-0.4, -0.2) is 51.5 Å². The van der Waals surface area contributed by atoms with Crippen molar-refractivity contribution in [3.8, 4) is 11.4 Å². The topological polar surface area (TPSA) is 60.2 Å². The zero-order valence-corrected chi connectivity index (χ0v) is 18.8. The quantitative estimate of drug-likeness (QED) is 0.521. The molecule has 7 heteroatoms. The molecule has 0 radical (unpaired) electrons. The monoisotopic (exact) mass is 436 g/mol. The zero-order valence-electron chi connectivity index (χ0n) is 18.0. The molecule has 0 N–H and O–H groups in total. The Hall–Kier alpha value is -2.80. The zero-order chi connectivity index (χ0) is 21.6. The number of rotatable bonds is 7. The highest BCUT2D eigenvalue weighted by atomic mass is 32.2. The SMILES string of the molecule is COc1ccc(-n2c(C)nnc2SCC(=O)N2CCC(Cc3ccccc3)CC2)cc1. The second-order valence-electron chi connectivity index (χ2n) is 7.87. The van der Waals surface area contributed by atoms with Crippen LogP contribution in [0.3, 0.4) is 0 Å². The Kier molecular flexibility index (Phi) is 6.92. The van der Waals surface area contributed by atoms with Crippen LogP contribution in [0.2, 0.25) is 0 Å². The third-order valence-electron chi connectivity index (χ3n) is 5.78. The summed E-state index contributed by atoms with van der Waals surface area (Å²) in [6.45, 7) is 3.59. The Morgan fingerprint density at radius 3 is 2.45 bits per heavy atom. The van der Waals surface area contributed by atoms with Crippen LogP contribution >= 0.6 is 11.8 Å². The van der Waals surface area contributed by atoms with Gasteiger partial charge in [0, 0.05) is 18.8 Å². The summed E-state index contributed by atoms with van der Waals surface area (Å²) >= 11 is 1.44. The molecule has 31 heavy (non-hydrogen) atoms. The fourth-order valence-corrected chi connectivity index (χ4v) is 4.92. The van der Waals surface area contributed by atoms with Crippen molar-refractivity contribution in [2.45, 2.75) is 31.3 Å². The van der Waals surface area contributed by atoms with Gasteiger partial charge in [0.2, 0.25) is 5.91 Å². The van der Waals surface area contributed by atoms with Gasteiger partial charge in [0.05, 0.1) is 12.9 Å². The number of carbonyl (C=O) groups excluding carboxylic acids is 1. The summed E-state index contributed by atoms with van der Waals surface area (Å²) in [5, 5.41) is 9.23. The average molecular weight is 437 g/mol. The average Bonchev–Trinajstić information content (AvgIpc) is 3.19. The number of methoxy groups -OCH3 is 1. The number of carbonyl (C=O) groups is 1. The van der Waals surface area contributed by atoms with Crippen LogP contribution in [0.1, 0.15) is 24.2 Å². The largest absolute Gasteiger partial charge is 0.497 e. The first-order chi connectivity index (χ1) is 15.1. The van der Waals surface area contributed by atoms with Crippen molar-refractivity contribution in [1.29, 1.82) is 0 Å². The highest BCUT2D eigenvalue weighted by Gasteiger charge is 2.23. The molecule has 0 bridgehead atoms. The summed E-state index contributed by atoms with van der Waals surface area (Å²) in [5.41, 5.74) is 2.34. The van der Waals surface area contributed by atoms with Gasteiger partial charge in [0.15, 0.2) is 5.16 Å². The smallest absolute Gasteiger partial charge is 0.233 e. The van der Waals surface area contributed by atoms with Crippen LogP contribution in [0, 0.1) is 12.8 Å². The summed E-state index contributed by atoms with van der Waals surface area (Å²) in [6.07, 6.45) is 3.22. The van der Waals surface area contributed by atoms with Crippen LogP contribution in [0.4, 0.5) is 0 Å². The Morgan fingerprint density at radius 1 is 1.06 bits per heavy atom. The molecule has 1 amide bonds. The second-order valence-corrected chi connectivity index (χ2v) is 8.81. The highest BCUT2D eigenvalue weighted by Crippen LogP contribution is 2.26. The van der Waals surface area contributed by atoms with Gasteiger partial charge < -0.3 is 9.64 Å². The molecule has 0 saturated carbocycles. The lowest BCUT2D eigenvalue weighted by atomic mass is 9.90. The number of benzene rings is 2. The molecule has 162 valence electrons. The minimum absolute atomic E-state index is 0.171. The summed E-state index contributed by atoms with van der Waals surface area (Å²) in [6, 6.07) is 18.4. The van der Waals surface area contributed by atoms with E-state index in [1.54, 1.807) is 7.11 Å². The molecule has 0 unspecified atom stereocenters. The van der Waals surface area contributed by atoms with Crippen molar-refractivity contribution in [1.82, 2.24) is 19.7 Å². The first-order valence-electron chi connectivity index (χ1n) is 10.6. The Labute approximate surface area is 187 Å². The van der Waals surface area contributed by atoms with E-state index in [1.807, 2.05) is 40.7 Å². The van der Waals surface area contributed by atoms with E-state index in [2.05, 4.69) is 40.5 Å². The summed E-state index contributed by atoms with van der Waals surface area (Å²) < 4.78 is 7.21. The van der Waals surface area contributed by atoms with Gasteiger partial charge in [-0.2, -0.15) is 0 Å². The number of thioether (sulfide) groups is 1. The number of hydrogen-bond donors (Lipinski definition) is 0. The normalized spacial score (nSPS) is 14.6. The van der Waals surface area contributed by atoms with Crippen LogP contribution in [0.5, 0.6) is 5.75 Å². The molecular formula is C24H28N4O2S. The van der Waals surface area contributed by atoms with E-state index in [9.17, 15) is 4.79 Å². The molecule has 4 rings (SSSR count). The summed E-state index contributed by atoms with van der Waals surface area (Å²) in [5.74, 6) is 2.79. The van der Waals surface area contributed by atoms with E-state index < -0.39 is 0 Å². The molecule has 3 aromatic rings. The number of hydrogen-bond acceptors (Lipinski definition) is 5. The van der Waals surface area contributed by atoms with Gasteiger partial charge in [0.1, 0.15) is 11.6 Å². The van der Waals surface area contributed by atoms with Gasteiger partial charge in [0.25, 0.3) is 0 Å². The molecule has 6 nitrogen and oxygen atoms in total. The third kappa shape index (κ3) is 5.28. The van der Waals surface area contributed by atoms with Gasteiger partial charge in [-0.05, 0) is 61.9 Å². The minimum Gasteiger partial charge on any atom is -0.497 e. The van der Waals surface area contributed by atoms with Gasteiger partial charge in [-0.15, -0.1) is 10.2 Å². The number of aryl methyl sites for hydroxylation is 1. The molecule has 0 aliphatic carbocycles. The Balaban J connectivity index is 1.31. The maximum Gasteiger partial charge on any atom is 0.233 e. The van der Waals surface area contributed by atoms with Crippen molar-refractivity contribution in [2.24, 2.45) is 5.92 Å². The van der Waals surface area contributed by atoms with Crippen LogP contribution in [0.25, 0.3) is 5.69 Å². The molecule has 0 spiro atoms. The van der Waals surface area contributed by atoms with Crippen LogP contribution in [-0.2, 0) is 11.2 Å². The molecule has 0 atom stereocenters. The fraction of sp³-hybridized carbons (Fsp3) is 0.375. The molecule has 1 aliphatic heterocycles. The summed E-state index contributed by atoms with van der Waals surface area (Å²) in [4.78, 5) is 14.8. The van der Waals surface area contributed by atoms with Crippen molar-refractivity contribution in [2.75, 3.05) is 26.0 Å². The lowest BCUT2D eigenvalue weighted by Gasteiger charge is -2.32. The first-order valence-corrected chi connectivity index (χ1v) is 11.6. The molecule has 2 aromatic carbocycles. The molecule has 1 fully saturated rings. The predicted molar refractivity (Wildman–Crippen MR) is 123 cm³/mol. The number of ether oxygens (including phenoxy) is 1. The highest BCUT2D eigenvalue weighted by molar-refractivity contribution is 7.99. The number of aromatic nitrogens is 3. The first kappa shape index (κ1) is 21.4. The minimum atomic E-state index is 0.171. The van der Waals surface area contributed by atoms with E-state index in [1.165, 1.54) is 17.3 Å². The molecule has 1 aromatic heterocycles. The van der Waals surface area contributed by atoms with E-state index in [0.717, 1.165) is 54.8 Å². The standard InChI is InChI=1S/C24H28N4O2S/c1-18-25-26-24(28(18)21-8-10-22(30-2)11-9-21)31-17-23(29)27-14-12-20(13-15-27)16-19-6-4-3-5-7-19/h3-11,20H,12-17H2,1-2H3. The van der Waals surface area contributed by atoms with Gasteiger partial charge >= 0.3 is 0 Å². The van der Waals surface area contributed by atoms with Gasteiger partial charge in [-0.3, -0.25) is 9.36 Å². The van der Waals surface area contributed by atoms with Crippen molar-refractivity contribution >= 4 is 17.7 Å². The lowest BCUT2D eigenvalue weighted by molar-refractivity contribution is -0.129. The number of nitrogens with zero attached hydrogens (tertiary/aromatic N) is 4. The Morgan fingerprint density at radius 2 is 1.77 bits per heavy atom. The van der Waals surface area contributed by atoms with Crippen LogP contribution < -0.4 is 4.74 Å². The maximum absolute atomic E-state index is 12.8. The van der Waals surface area contributed by atoms with E-state index >= 15 is 0 Å². The maximum atomic E-state index is 12.8. The van der Waals surface area contributed by atoms with Crippen molar-refractivity contribution in [3.05, 3.63) is 66.0 Å². The number of likely N-dealkylation sites (tertiary alicyclic amines) is 1.